The lowest BCUT2D eigenvalue weighted by Crippen LogP contribution is -2.51. The van der Waals surface area contributed by atoms with E-state index in [1.807, 2.05) is 0 Å². The number of carbonyl (C=O) groups excluding carboxylic acids is 3. The second kappa shape index (κ2) is 9.29. The summed E-state index contributed by atoms with van der Waals surface area (Å²) in [6.07, 6.45) is -2.72. The van der Waals surface area contributed by atoms with Gasteiger partial charge in [-0.1, -0.05) is 6.07 Å². The summed E-state index contributed by atoms with van der Waals surface area (Å²) in [6.45, 7) is 1.42. The third-order valence-corrected chi connectivity index (χ3v) is 4.60. The predicted octanol–water partition coefficient (Wildman–Crippen LogP) is 3.31. The van der Waals surface area contributed by atoms with Gasteiger partial charge in [0, 0.05) is 24.3 Å². The van der Waals surface area contributed by atoms with Crippen molar-refractivity contribution in [3.63, 3.8) is 0 Å². The molecule has 1 amide bonds. The van der Waals surface area contributed by atoms with Crippen LogP contribution in [0.3, 0.4) is 0 Å². The van der Waals surface area contributed by atoms with Crippen LogP contribution in [0.2, 0.25) is 0 Å². The summed E-state index contributed by atoms with van der Waals surface area (Å²) < 4.78 is 36.8. The maximum Gasteiger partial charge on any atom is 0.417 e. The van der Waals surface area contributed by atoms with Crippen molar-refractivity contribution in [3.05, 3.63) is 69.8 Å². The Balaban J connectivity index is 1.99. The minimum atomic E-state index is -1.64. The largest absolute Gasteiger partial charge is 0.417 e. The number of benzene rings is 2. The van der Waals surface area contributed by atoms with Crippen LogP contribution < -0.4 is 4.74 Å². The minimum absolute atomic E-state index is 0.0469. The van der Waals surface area contributed by atoms with Crippen molar-refractivity contribution < 1.29 is 37.6 Å². The molecule has 2 unspecified atom stereocenters. The van der Waals surface area contributed by atoms with Gasteiger partial charge < -0.3 is 9.47 Å². The predicted molar refractivity (Wildman–Crippen MR) is 104 cm³/mol. The van der Waals surface area contributed by atoms with Crippen LogP contribution >= 0.6 is 0 Å². The van der Waals surface area contributed by atoms with Gasteiger partial charge in [-0.25, -0.2) is 18.4 Å². The van der Waals surface area contributed by atoms with Gasteiger partial charge >= 0.3 is 18.5 Å². The average molecular weight is 447 g/mol. The molecule has 2 aromatic carbocycles. The van der Waals surface area contributed by atoms with Gasteiger partial charge in [0.05, 0.1) is 11.0 Å². The molecule has 1 aliphatic heterocycles. The van der Waals surface area contributed by atoms with Crippen LogP contribution in [0, 0.1) is 21.7 Å². The van der Waals surface area contributed by atoms with E-state index >= 15 is 0 Å². The fourth-order valence-electron chi connectivity index (χ4n) is 3.16. The van der Waals surface area contributed by atoms with Crippen LogP contribution in [-0.2, 0) is 14.3 Å². The van der Waals surface area contributed by atoms with Gasteiger partial charge in [0.1, 0.15) is 5.75 Å². The summed E-state index contributed by atoms with van der Waals surface area (Å²) >= 11 is 0. The Morgan fingerprint density at radius 2 is 1.88 bits per heavy atom. The molecule has 2 atom stereocenters. The molecule has 3 rings (SSSR count). The molecule has 12 heteroatoms. The van der Waals surface area contributed by atoms with Gasteiger partial charge in [0.25, 0.3) is 5.69 Å². The van der Waals surface area contributed by atoms with E-state index in [0.717, 1.165) is 29.2 Å². The second-order valence-corrected chi connectivity index (χ2v) is 6.69. The molecule has 0 fully saturated rings. The van der Waals surface area contributed by atoms with Gasteiger partial charge in [-0.15, -0.1) is 0 Å². The first kappa shape index (κ1) is 22.5. The average Bonchev–Trinajstić information content (AvgIpc) is 2.75. The lowest BCUT2D eigenvalue weighted by molar-refractivity contribution is -0.384. The molecule has 0 aromatic heterocycles. The number of rotatable bonds is 5. The molecule has 0 saturated heterocycles. The fraction of sp³-hybridized carbons (Fsp3) is 0.200. The van der Waals surface area contributed by atoms with Gasteiger partial charge in [-0.05, 0) is 36.8 Å². The number of esters is 1. The van der Waals surface area contributed by atoms with Crippen molar-refractivity contribution in [3.8, 4) is 5.75 Å². The normalized spacial score (nSPS) is 17.8. The highest BCUT2D eigenvalue weighted by atomic mass is 19.2. The number of halogens is 2. The molecule has 0 N–H and O–H groups in total. The van der Waals surface area contributed by atoms with E-state index in [-0.39, 0.29) is 29.9 Å². The lowest BCUT2D eigenvalue weighted by Gasteiger charge is -2.37. The summed E-state index contributed by atoms with van der Waals surface area (Å²) in [5.74, 6) is -3.55. The number of nitrogens with zero attached hydrogens (tertiary/aromatic N) is 3. The molecule has 166 valence electrons. The minimum Gasteiger partial charge on any atom is -0.410 e. The number of carbonyl (C=O) groups is 3. The Bertz CT molecular complexity index is 1100. The highest BCUT2D eigenvalue weighted by molar-refractivity contribution is 5.92. The Hall–Kier alpha value is -4.22. The Kier molecular flexibility index (Phi) is 6.52. The number of non-ortho nitro benzene ring substituents is 1. The van der Waals surface area contributed by atoms with E-state index < -0.39 is 40.8 Å². The van der Waals surface area contributed by atoms with Crippen LogP contribution in [0.25, 0.3) is 0 Å². The molecule has 0 aliphatic carbocycles. The Morgan fingerprint density at radius 3 is 2.47 bits per heavy atom. The first-order valence-electron chi connectivity index (χ1n) is 9.08. The van der Waals surface area contributed by atoms with Crippen molar-refractivity contribution in [1.29, 1.82) is 0 Å². The second-order valence-electron chi connectivity index (χ2n) is 6.69. The van der Waals surface area contributed by atoms with Gasteiger partial charge in [0.2, 0.25) is 6.17 Å². The summed E-state index contributed by atoms with van der Waals surface area (Å²) in [6, 6.07) is 6.49. The first-order chi connectivity index (χ1) is 15.2. The van der Waals surface area contributed by atoms with E-state index in [1.165, 1.54) is 18.2 Å². The highest BCUT2D eigenvalue weighted by Gasteiger charge is 2.41. The lowest BCUT2D eigenvalue weighted by atomic mass is 9.97. The van der Waals surface area contributed by atoms with Gasteiger partial charge in [0.15, 0.2) is 11.6 Å². The van der Waals surface area contributed by atoms with Crippen molar-refractivity contribution >= 4 is 29.9 Å². The molecule has 1 heterocycles. The summed E-state index contributed by atoms with van der Waals surface area (Å²) in [4.78, 5) is 51.0. The molecule has 10 nitrogen and oxygen atoms in total. The van der Waals surface area contributed by atoms with E-state index in [9.17, 15) is 33.3 Å². The van der Waals surface area contributed by atoms with Crippen molar-refractivity contribution in [2.75, 3.05) is 0 Å². The molecular formula is C20H15F2N3O7. The summed E-state index contributed by atoms with van der Waals surface area (Å²) in [5, 5.41) is 10.8. The van der Waals surface area contributed by atoms with Crippen molar-refractivity contribution in [2.45, 2.75) is 25.6 Å². The Labute approximate surface area is 179 Å². The number of nitro groups is 1. The standard InChI is InChI=1S/C20H15F2N3O7/c1-11-8-17(12-2-7-15(21)16(22)9-12)24(18(23-11)19(27)31-10-26)20(28)32-14-5-3-13(4-6-14)25(29)30/h2-7,9-10,17-18H,8H2,1H3. The zero-order valence-corrected chi connectivity index (χ0v) is 16.4. The molecule has 0 spiro atoms. The topological polar surface area (TPSA) is 128 Å². The molecule has 1 aliphatic rings. The van der Waals surface area contributed by atoms with Crippen LogP contribution in [-0.4, -0.2) is 40.2 Å². The van der Waals surface area contributed by atoms with Crippen LogP contribution in [0.15, 0.2) is 47.5 Å². The summed E-state index contributed by atoms with van der Waals surface area (Å²) in [5.41, 5.74) is 0.282. The van der Waals surface area contributed by atoms with Crippen molar-refractivity contribution in [2.24, 2.45) is 4.99 Å². The zero-order valence-electron chi connectivity index (χ0n) is 16.4. The maximum atomic E-state index is 13.9. The van der Waals surface area contributed by atoms with Gasteiger partial charge in [-0.3, -0.25) is 24.8 Å². The van der Waals surface area contributed by atoms with Crippen molar-refractivity contribution in [1.82, 2.24) is 4.90 Å². The monoisotopic (exact) mass is 447 g/mol. The zero-order chi connectivity index (χ0) is 23.4. The highest BCUT2D eigenvalue weighted by Crippen LogP contribution is 2.33. The maximum absolute atomic E-state index is 13.9. The SMILES string of the molecule is CC1=NC(C(=O)OC=O)N(C(=O)Oc2ccc([N+](=O)[O-])cc2)C(c2ccc(F)c(F)c2)C1. The van der Waals surface area contributed by atoms with E-state index in [4.69, 9.17) is 4.74 Å². The molecule has 32 heavy (non-hydrogen) atoms. The van der Waals surface area contributed by atoms with Crippen LogP contribution in [0.1, 0.15) is 24.9 Å². The molecule has 0 radical (unpaired) electrons. The van der Waals surface area contributed by atoms with E-state index in [1.54, 1.807) is 6.92 Å². The number of aliphatic imine (C=N–C) groups is 1. The molecule has 0 saturated carbocycles. The smallest absolute Gasteiger partial charge is 0.410 e. The van der Waals surface area contributed by atoms with Crippen LogP contribution in [0.4, 0.5) is 19.3 Å². The third kappa shape index (κ3) is 4.74. The molecular weight excluding hydrogens is 432 g/mol. The summed E-state index contributed by atoms with van der Waals surface area (Å²) in [7, 11) is 0. The van der Waals surface area contributed by atoms with E-state index in [0.29, 0.717) is 5.71 Å². The number of ether oxygens (including phenoxy) is 2. The number of amides is 1. The third-order valence-electron chi connectivity index (χ3n) is 4.60. The fourth-order valence-corrected chi connectivity index (χ4v) is 3.16. The molecule has 0 bridgehead atoms. The van der Waals surface area contributed by atoms with Crippen LogP contribution in [0.5, 0.6) is 5.75 Å². The first-order valence-corrected chi connectivity index (χ1v) is 9.08. The number of hydrogen-bond acceptors (Lipinski definition) is 8. The Morgan fingerprint density at radius 1 is 1.19 bits per heavy atom. The molecule has 2 aromatic rings. The van der Waals surface area contributed by atoms with Gasteiger partial charge in [-0.2, -0.15) is 0 Å². The van der Waals surface area contributed by atoms with E-state index in [2.05, 4.69) is 9.73 Å². The number of hydrogen-bond donors (Lipinski definition) is 0. The quantitative estimate of drug-likeness (QED) is 0.226. The number of nitro benzene ring substituents is 1.